The van der Waals surface area contributed by atoms with Crippen molar-refractivity contribution in [3.8, 4) is 0 Å². The number of rotatable bonds is 1. The van der Waals surface area contributed by atoms with Gasteiger partial charge in [0.1, 0.15) is 0 Å². The van der Waals surface area contributed by atoms with E-state index in [4.69, 9.17) is 11.6 Å². The minimum atomic E-state index is 0.576. The number of aryl methyl sites for hydroxylation is 2. The van der Waals surface area contributed by atoms with E-state index >= 15 is 0 Å². The molecule has 13 heavy (non-hydrogen) atoms. The lowest BCUT2D eigenvalue weighted by atomic mass is 10.2. The van der Waals surface area contributed by atoms with Gasteiger partial charge < -0.3 is 4.57 Å². The highest BCUT2D eigenvalue weighted by Crippen LogP contribution is 2.22. The number of hydrogen-bond donors (Lipinski definition) is 0. The summed E-state index contributed by atoms with van der Waals surface area (Å²) in [6, 6.07) is 6.06. The predicted octanol–water partition coefficient (Wildman–Crippen LogP) is 3.02. The molecule has 0 spiro atoms. The number of benzene rings is 1. The van der Waals surface area contributed by atoms with Gasteiger partial charge in [-0.2, -0.15) is 0 Å². The molecule has 2 aromatic rings. The van der Waals surface area contributed by atoms with E-state index in [0.29, 0.717) is 5.28 Å². The Morgan fingerprint density at radius 3 is 2.92 bits per heavy atom. The van der Waals surface area contributed by atoms with Gasteiger partial charge in [-0.05, 0) is 37.1 Å². The molecule has 0 saturated heterocycles. The number of imidazole rings is 1. The van der Waals surface area contributed by atoms with Crippen molar-refractivity contribution in [2.75, 3.05) is 0 Å². The van der Waals surface area contributed by atoms with Crippen LogP contribution in [0.4, 0.5) is 0 Å². The Hall–Kier alpha value is -1.02. The third-order valence-electron chi connectivity index (χ3n) is 2.24. The Morgan fingerprint density at radius 2 is 2.23 bits per heavy atom. The largest absolute Gasteiger partial charge is 0.315 e. The molecular weight excluding hydrogens is 184 g/mol. The van der Waals surface area contributed by atoms with E-state index in [1.165, 1.54) is 5.56 Å². The lowest BCUT2D eigenvalue weighted by Gasteiger charge is -2.02. The molecule has 3 heteroatoms. The van der Waals surface area contributed by atoms with Gasteiger partial charge in [0.2, 0.25) is 5.28 Å². The van der Waals surface area contributed by atoms with Crippen molar-refractivity contribution in [2.45, 2.75) is 20.4 Å². The highest BCUT2D eigenvalue weighted by atomic mass is 35.5. The first-order valence-electron chi connectivity index (χ1n) is 4.35. The van der Waals surface area contributed by atoms with Gasteiger partial charge in [0.05, 0.1) is 11.0 Å². The Labute approximate surface area is 82.1 Å². The van der Waals surface area contributed by atoms with Crippen LogP contribution in [0.2, 0.25) is 5.28 Å². The maximum Gasteiger partial charge on any atom is 0.203 e. The first-order chi connectivity index (χ1) is 6.24. The van der Waals surface area contributed by atoms with Gasteiger partial charge in [0.15, 0.2) is 0 Å². The van der Waals surface area contributed by atoms with Crippen LogP contribution in [-0.2, 0) is 6.54 Å². The normalized spacial score (nSPS) is 11.0. The maximum absolute atomic E-state index is 5.99. The average molecular weight is 195 g/mol. The van der Waals surface area contributed by atoms with E-state index < -0.39 is 0 Å². The molecule has 0 aliphatic heterocycles. The van der Waals surface area contributed by atoms with Crippen LogP contribution in [0.25, 0.3) is 11.0 Å². The summed E-state index contributed by atoms with van der Waals surface area (Å²) in [6.07, 6.45) is 0. The second-order valence-electron chi connectivity index (χ2n) is 3.07. The van der Waals surface area contributed by atoms with E-state index in [1.807, 2.05) is 16.7 Å². The summed E-state index contributed by atoms with van der Waals surface area (Å²) < 4.78 is 2.02. The van der Waals surface area contributed by atoms with Crippen LogP contribution in [-0.4, -0.2) is 9.55 Å². The molecule has 0 saturated carbocycles. The highest BCUT2D eigenvalue weighted by Gasteiger charge is 2.08. The zero-order chi connectivity index (χ0) is 9.42. The number of halogens is 1. The summed E-state index contributed by atoms with van der Waals surface area (Å²) in [5.41, 5.74) is 3.35. The molecule has 0 unspecified atom stereocenters. The molecule has 0 N–H and O–H groups in total. The Balaban J connectivity index is 2.88. The van der Waals surface area contributed by atoms with Crippen molar-refractivity contribution in [3.63, 3.8) is 0 Å². The summed E-state index contributed by atoms with van der Waals surface area (Å²) in [7, 11) is 0. The van der Waals surface area contributed by atoms with Crippen molar-refractivity contribution < 1.29 is 0 Å². The van der Waals surface area contributed by atoms with Crippen molar-refractivity contribution in [1.29, 1.82) is 0 Å². The van der Waals surface area contributed by atoms with Crippen molar-refractivity contribution >= 4 is 22.6 Å². The maximum atomic E-state index is 5.99. The molecule has 2 nitrogen and oxygen atoms in total. The van der Waals surface area contributed by atoms with Gasteiger partial charge in [0, 0.05) is 6.54 Å². The minimum Gasteiger partial charge on any atom is -0.315 e. The van der Waals surface area contributed by atoms with Crippen molar-refractivity contribution in [2.24, 2.45) is 0 Å². The lowest BCUT2D eigenvalue weighted by molar-refractivity contribution is 0.786. The van der Waals surface area contributed by atoms with Gasteiger partial charge in [-0.3, -0.25) is 0 Å². The number of fused-ring (bicyclic) bond motifs is 1. The molecule has 0 atom stereocenters. The smallest absolute Gasteiger partial charge is 0.203 e. The van der Waals surface area contributed by atoms with Crippen LogP contribution >= 0.6 is 11.6 Å². The molecule has 1 aromatic carbocycles. The van der Waals surface area contributed by atoms with E-state index in [0.717, 1.165) is 17.6 Å². The number of hydrogen-bond acceptors (Lipinski definition) is 1. The van der Waals surface area contributed by atoms with E-state index in [2.05, 4.69) is 24.9 Å². The van der Waals surface area contributed by atoms with Crippen molar-refractivity contribution in [3.05, 3.63) is 29.0 Å². The SMILES string of the molecule is CCn1c(Cl)nc2cccc(C)c21. The molecule has 0 amide bonds. The fraction of sp³-hybridized carbons (Fsp3) is 0.300. The van der Waals surface area contributed by atoms with Crippen molar-refractivity contribution in [1.82, 2.24) is 9.55 Å². The van der Waals surface area contributed by atoms with Crippen LogP contribution in [0.5, 0.6) is 0 Å². The molecule has 2 rings (SSSR count). The van der Waals surface area contributed by atoms with E-state index in [-0.39, 0.29) is 0 Å². The molecule has 0 aliphatic carbocycles. The second kappa shape index (κ2) is 3.04. The first-order valence-corrected chi connectivity index (χ1v) is 4.73. The molecule has 0 aliphatic rings. The van der Waals surface area contributed by atoms with Crippen LogP contribution in [0.1, 0.15) is 12.5 Å². The quantitative estimate of drug-likeness (QED) is 0.683. The summed E-state index contributed by atoms with van der Waals surface area (Å²) in [4.78, 5) is 4.27. The van der Waals surface area contributed by atoms with Crippen LogP contribution in [0, 0.1) is 6.92 Å². The number of nitrogens with zero attached hydrogens (tertiary/aromatic N) is 2. The zero-order valence-electron chi connectivity index (χ0n) is 7.71. The molecule has 0 radical (unpaired) electrons. The molecule has 68 valence electrons. The summed E-state index contributed by atoms with van der Waals surface area (Å²) >= 11 is 5.99. The van der Waals surface area contributed by atoms with Gasteiger partial charge in [-0.1, -0.05) is 12.1 Å². The Morgan fingerprint density at radius 1 is 1.46 bits per heavy atom. The molecule has 0 fully saturated rings. The Bertz CT molecular complexity index is 445. The number of aromatic nitrogens is 2. The zero-order valence-corrected chi connectivity index (χ0v) is 8.47. The fourth-order valence-electron chi connectivity index (χ4n) is 1.63. The van der Waals surface area contributed by atoms with Crippen LogP contribution in [0.3, 0.4) is 0 Å². The lowest BCUT2D eigenvalue weighted by Crippen LogP contribution is -1.94. The third kappa shape index (κ3) is 1.22. The second-order valence-corrected chi connectivity index (χ2v) is 3.41. The monoisotopic (exact) mass is 194 g/mol. The van der Waals surface area contributed by atoms with Crippen LogP contribution < -0.4 is 0 Å². The first kappa shape index (κ1) is 8.57. The standard InChI is InChI=1S/C10H11ClN2/c1-3-13-9-7(2)5-4-6-8(9)12-10(13)11/h4-6H,3H2,1-2H3. The third-order valence-corrected chi connectivity index (χ3v) is 2.53. The summed E-state index contributed by atoms with van der Waals surface area (Å²) in [6.45, 7) is 5.01. The highest BCUT2D eigenvalue weighted by molar-refractivity contribution is 6.29. The average Bonchev–Trinajstić information content (AvgIpc) is 2.42. The molecule has 0 bridgehead atoms. The van der Waals surface area contributed by atoms with E-state index in [1.54, 1.807) is 0 Å². The molecule has 1 heterocycles. The van der Waals surface area contributed by atoms with Crippen LogP contribution in [0.15, 0.2) is 18.2 Å². The topological polar surface area (TPSA) is 17.8 Å². The minimum absolute atomic E-state index is 0.576. The Kier molecular flexibility index (Phi) is 2.00. The van der Waals surface area contributed by atoms with Gasteiger partial charge in [-0.25, -0.2) is 4.98 Å². The summed E-state index contributed by atoms with van der Waals surface area (Å²) in [5, 5.41) is 0.576. The van der Waals surface area contributed by atoms with Gasteiger partial charge in [0.25, 0.3) is 0 Å². The van der Waals surface area contributed by atoms with Gasteiger partial charge in [-0.15, -0.1) is 0 Å². The van der Waals surface area contributed by atoms with Gasteiger partial charge >= 0.3 is 0 Å². The molecular formula is C10H11ClN2. The fourth-order valence-corrected chi connectivity index (χ4v) is 1.92. The number of para-hydroxylation sites is 1. The molecule has 1 aromatic heterocycles. The predicted molar refractivity (Wildman–Crippen MR) is 55.2 cm³/mol. The summed E-state index contributed by atoms with van der Waals surface area (Å²) in [5.74, 6) is 0. The van der Waals surface area contributed by atoms with E-state index in [9.17, 15) is 0 Å².